The van der Waals surface area contributed by atoms with E-state index in [0.717, 1.165) is 12.0 Å². The Morgan fingerprint density at radius 3 is 2.58 bits per heavy atom. The fourth-order valence-corrected chi connectivity index (χ4v) is 4.76. The van der Waals surface area contributed by atoms with Crippen molar-refractivity contribution in [2.75, 3.05) is 18.8 Å². The Bertz CT molecular complexity index is 703. The van der Waals surface area contributed by atoms with Crippen LogP contribution in [-0.4, -0.2) is 44.2 Å². The fourth-order valence-electron chi connectivity index (χ4n) is 3.17. The number of urea groups is 1. The van der Waals surface area contributed by atoms with Crippen molar-refractivity contribution in [1.29, 1.82) is 0 Å². The molecule has 0 aromatic heterocycles. The van der Waals surface area contributed by atoms with Crippen molar-refractivity contribution in [2.24, 2.45) is 0 Å². The van der Waals surface area contributed by atoms with Crippen LogP contribution in [0, 0.1) is 0 Å². The van der Waals surface area contributed by atoms with Gasteiger partial charge in [-0.15, -0.1) is 0 Å². The number of rotatable bonds is 7. The molecule has 1 unspecified atom stereocenters. The number of amides is 2. The maximum Gasteiger partial charge on any atom is 0.317 e. The van der Waals surface area contributed by atoms with E-state index in [1.54, 1.807) is 4.90 Å². The Hall–Kier alpha value is -1.31. The summed E-state index contributed by atoms with van der Waals surface area (Å²) in [5.74, 6) is 0.144. The molecule has 1 aromatic carbocycles. The smallest absolute Gasteiger partial charge is 0.317 e. The molecule has 1 fully saturated rings. The van der Waals surface area contributed by atoms with Crippen LogP contribution in [0.4, 0.5) is 4.79 Å². The van der Waals surface area contributed by atoms with Gasteiger partial charge in [0.25, 0.3) is 0 Å². The van der Waals surface area contributed by atoms with Crippen LogP contribution in [0.1, 0.15) is 51.1 Å². The highest BCUT2D eigenvalue weighted by molar-refractivity contribution is 7.89. The van der Waals surface area contributed by atoms with E-state index in [9.17, 15) is 13.2 Å². The summed E-state index contributed by atoms with van der Waals surface area (Å²) in [4.78, 5) is 14.3. The van der Waals surface area contributed by atoms with Crippen LogP contribution < -0.4 is 10.0 Å². The summed E-state index contributed by atoms with van der Waals surface area (Å²) < 4.78 is 26.5. The minimum Gasteiger partial charge on any atom is -0.331 e. The molecule has 146 valence electrons. The Kier molecular flexibility index (Phi) is 7.73. The first kappa shape index (κ1) is 21.0. The monoisotopic (exact) mass is 401 g/mol. The van der Waals surface area contributed by atoms with Gasteiger partial charge in [0.2, 0.25) is 10.0 Å². The number of hydrogen-bond donors (Lipinski definition) is 2. The number of carbonyl (C=O) groups is 1. The highest BCUT2D eigenvalue weighted by Gasteiger charge is 2.26. The van der Waals surface area contributed by atoms with Crippen molar-refractivity contribution >= 4 is 27.7 Å². The van der Waals surface area contributed by atoms with E-state index in [1.807, 2.05) is 38.1 Å². The first-order valence-electron chi connectivity index (χ1n) is 9.15. The van der Waals surface area contributed by atoms with E-state index in [2.05, 4.69) is 10.0 Å². The lowest BCUT2D eigenvalue weighted by Crippen LogP contribution is -2.50. The fraction of sp³-hybridized carbons (Fsp3) is 0.611. The number of halogens is 1. The minimum absolute atomic E-state index is 0.0921. The molecule has 2 N–H and O–H groups in total. The molecule has 2 amide bonds. The molecule has 26 heavy (non-hydrogen) atoms. The van der Waals surface area contributed by atoms with Crippen LogP contribution in [0.25, 0.3) is 0 Å². The van der Waals surface area contributed by atoms with Gasteiger partial charge in [0, 0.05) is 24.2 Å². The molecule has 0 aliphatic carbocycles. The van der Waals surface area contributed by atoms with Gasteiger partial charge in [0.05, 0.1) is 11.8 Å². The number of benzene rings is 1. The van der Waals surface area contributed by atoms with Crippen LogP contribution in [-0.2, 0) is 10.0 Å². The van der Waals surface area contributed by atoms with Crippen LogP contribution in [0.5, 0.6) is 0 Å². The number of likely N-dealkylation sites (tertiary alicyclic amines) is 1. The Morgan fingerprint density at radius 2 is 2.00 bits per heavy atom. The second-order valence-corrected chi connectivity index (χ2v) is 8.97. The summed E-state index contributed by atoms with van der Waals surface area (Å²) in [6.45, 7) is 4.94. The molecule has 0 spiro atoms. The highest BCUT2D eigenvalue weighted by atomic mass is 35.5. The molecule has 1 heterocycles. The third-order valence-electron chi connectivity index (χ3n) is 4.56. The lowest BCUT2D eigenvalue weighted by molar-refractivity contribution is 0.176. The highest BCUT2D eigenvalue weighted by Crippen LogP contribution is 2.21. The number of carbonyl (C=O) groups excluding carboxylic acids is 1. The van der Waals surface area contributed by atoms with Crippen molar-refractivity contribution in [3.05, 3.63) is 34.9 Å². The number of nitrogens with one attached hydrogen (secondary N) is 2. The topological polar surface area (TPSA) is 78.5 Å². The molecule has 6 nitrogen and oxygen atoms in total. The molecular formula is C18H28ClN3O3S. The van der Waals surface area contributed by atoms with Crippen LogP contribution >= 0.6 is 11.6 Å². The maximum atomic E-state index is 12.6. The number of hydrogen-bond acceptors (Lipinski definition) is 3. The van der Waals surface area contributed by atoms with Crippen molar-refractivity contribution < 1.29 is 13.2 Å². The second kappa shape index (κ2) is 9.58. The number of sulfonamides is 1. The van der Waals surface area contributed by atoms with Crippen molar-refractivity contribution in [1.82, 2.24) is 14.9 Å². The van der Waals surface area contributed by atoms with Crippen LogP contribution in [0.3, 0.4) is 0 Å². The van der Waals surface area contributed by atoms with Gasteiger partial charge in [-0.25, -0.2) is 17.9 Å². The Balaban J connectivity index is 1.87. The molecule has 2 rings (SSSR count). The molecule has 1 aromatic rings. The number of piperidine rings is 1. The van der Waals surface area contributed by atoms with Gasteiger partial charge >= 0.3 is 6.03 Å². The molecule has 8 heteroatoms. The molecule has 1 aliphatic rings. The van der Waals surface area contributed by atoms with E-state index >= 15 is 0 Å². The lowest BCUT2D eigenvalue weighted by Gasteiger charge is -2.33. The van der Waals surface area contributed by atoms with Crippen molar-refractivity contribution in [3.63, 3.8) is 0 Å². The van der Waals surface area contributed by atoms with E-state index in [-0.39, 0.29) is 23.9 Å². The van der Waals surface area contributed by atoms with Gasteiger partial charge in [0.1, 0.15) is 0 Å². The number of nitrogens with zero attached hydrogens (tertiary/aromatic N) is 1. The SMILES string of the molecule is CCCS(=O)(=O)NC1CCN(C(=O)NC(CC)c2cccc(Cl)c2)CC1. The predicted molar refractivity (Wildman–Crippen MR) is 105 cm³/mol. The zero-order valence-electron chi connectivity index (χ0n) is 15.4. The summed E-state index contributed by atoms with van der Waals surface area (Å²) in [5.41, 5.74) is 0.982. The Labute approximate surface area is 161 Å². The van der Waals surface area contributed by atoms with Crippen molar-refractivity contribution in [3.8, 4) is 0 Å². The van der Waals surface area contributed by atoms with Crippen LogP contribution in [0.2, 0.25) is 5.02 Å². The maximum absolute atomic E-state index is 12.6. The molecular weight excluding hydrogens is 374 g/mol. The largest absolute Gasteiger partial charge is 0.331 e. The summed E-state index contributed by atoms with van der Waals surface area (Å²) in [6.07, 6.45) is 2.62. The molecule has 1 aliphatic heterocycles. The van der Waals surface area contributed by atoms with Crippen molar-refractivity contribution in [2.45, 2.75) is 51.6 Å². The van der Waals surface area contributed by atoms with Gasteiger partial charge in [-0.1, -0.05) is 37.6 Å². The third-order valence-corrected chi connectivity index (χ3v) is 6.43. The third kappa shape index (κ3) is 6.14. The Morgan fingerprint density at radius 1 is 1.31 bits per heavy atom. The van der Waals surface area contributed by atoms with E-state index in [0.29, 0.717) is 37.4 Å². The zero-order chi connectivity index (χ0) is 19.2. The van der Waals surface area contributed by atoms with Crippen LogP contribution in [0.15, 0.2) is 24.3 Å². The standard InChI is InChI=1S/C18H28ClN3O3S/c1-3-12-26(24,25)21-16-8-10-22(11-9-16)18(23)20-17(4-2)14-6-5-7-15(19)13-14/h5-7,13,16-17,21H,3-4,8-12H2,1-2H3,(H,20,23). The van der Waals surface area contributed by atoms with Gasteiger partial charge in [-0.2, -0.15) is 0 Å². The molecule has 1 atom stereocenters. The van der Waals surface area contributed by atoms with Gasteiger partial charge in [-0.3, -0.25) is 0 Å². The first-order valence-corrected chi connectivity index (χ1v) is 11.2. The van der Waals surface area contributed by atoms with E-state index in [4.69, 9.17) is 11.6 Å². The van der Waals surface area contributed by atoms with E-state index in [1.165, 1.54) is 0 Å². The first-order chi connectivity index (χ1) is 12.3. The van der Waals surface area contributed by atoms with Gasteiger partial charge in [-0.05, 0) is 43.4 Å². The predicted octanol–water partition coefficient (Wildman–Crippen LogP) is 3.29. The van der Waals surface area contributed by atoms with Gasteiger partial charge < -0.3 is 10.2 Å². The normalized spacial score (nSPS) is 17.1. The molecule has 0 radical (unpaired) electrons. The summed E-state index contributed by atoms with van der Waals surface area (Å²) in [6, 6.07) is 7.20. The average Bonchev–Trinajstić information content (AvgIpc) is 2.59. The summed E-state index contributed by atoms with van der Waals surface area (Å²) in [5, 5.41) is 3.70. The zero-order valence-corrected chi connectivity index (χ0v) is 16.9. The molecule has 1 saturated heterocycles. The second-order valence-electron chi connectivity index (χ2n) is 6.66. The average molecular weight is 402 g/mol. The van der Waals surface area contributed by atoms with E-state index < -0.39 is 10.0 Å². The van der Waals surface area contributed by atoms with Gasteiger partial charge in [0.15, 0.2) is 0 Å². The summed E-state index contributed by atoms with van der Waals surface area (Å²) in [7, 11) is -3.21. The summed E-state index contributed by atoms with van der Waals surface area (Å²) >= 11 is 6.04. The quantitative estimate of drug-likeness (QED) is 0.735. The lowest BCUT2D eigenvalue weighted by atomic mass is 10.0. The molecule has 0 saturated carbocycles. The molecule has 0 bridgehead atoms. The minimum atomic E-state index is -3.21.